The number of hydrogen-bond acceptors (Lipinski definition) is 7. The minimum atomic E-state index is -0.990. The lowest BCUT2D eigenvalue weighted by molar-refractivity contribution is -0.384. The van der Waals surface area contributed by atoms with Crippen molar-refractivity contribution < 1.29 is 28.8 Å². The Morgan fingerprint density at radius 3 is 2.11 bits per heavy atom. The first-order chi connectivity index (χ1) is 17.3. The maximum Gasteiger partial charge on any atom is 0.312 e. The second-order valence-corrected chi connectivity index (χ2v) is 8.43. The zero-order valence-corrected chi connectivity index (χ0v) is 19.7. The van der Waals surface area contributed by atoms with Crippen molar-refractivity contribution in [3.8, 4) is 16.9 Å². The molecule has 9 nitrogen and oxygen atoms in total. The molecule has 0 unspecified atom stereocenters. The number of methoxy groups -OCH3 is 1. The van der Waals surface area contributed by atoms with E-state index in [1.54, 1.807) is 48.5 Å². The zero-order chi connectivity index (χ0) is 25.8. The molecule has 36 heavy (non-hydrogen) atoms. The smallest absolute Gasteiger partial charge is 0.312 e. The molecule has 0 aliphatic carbocycles. The number of hydrogen-bond donors (Lipinski definition) is 0. The van der Waals surface area contributed by atoms with E-state index in [0.717, 1.165) is 11.1 Å². The number of nitrogens with zero attached hydrogens (tertiary/aromatic N) is 2. The third kappa shape index (κ3) is 5.25. The van der Waals surface area contributed by atoms with Crippen LogP contribution in [-0.4, -0.2) is 42.3 Å². The van der Waals surface area contributed by atoms with E-state index in [4.69, 9.17) is 9.47 Å². The number of benzene rings is 3. The molecule has 1 aliphatic heterocycles. The summed E-state index contributed by atoms with van der Waals surface area (Å²) in [5.74, 6) is -1.22. The van der Waals surface area contributed by atoms with Gasteiger partial charge in [0.25, 0.3) is 5.69 Å². The van der Waals surface area contributed by atoms with Gasteiger partial charge in [-0.1, -0.05) is 12.1 Å². The summed E-state index contributed by atoms with van der Waals surface area (Å²) in [6.07, 6.45) is -0.997. The molecular weight excluding hydrogens is 464 g/mol. The predicted molar refractivity (Wildman–Crippen MR) is 132 cm³/mol. The molecular formula is C27H24N2O7. The zero-order valence-electron chi connectivity index (χ0n) is 19.7. The van der Waals surface area contributed by atoms with E-state index in [2.05, 4.69) is 0 Å². The normalized spacial score (nSPS) is 15.9. The number of rotatable bonds is 8. The quantitative estimate of drug-likeness (QED) is 0.199. The summed E-state index contributed by atoms with van der Waals surface area (Å²) in [6.45, 7) is 1.66. The Bertz CT molecular complexity index is 1290. The summed E-state index contributed by atoms with van der Waals surface area (Å²) in [5, 5.41) is 10.8. The maximum atomic E-state index is 12.7. The lowest BCUT2D eigenvalue weighted by atomic mass is 10.0. The Morgan fingerprint density at radius 2 is 1.56 bits per heavy atom. The molecule has 1 saturated heterocycles. The Hall–Kier alpha value is -4.53. The lowest BCUT2D eigenvalue weighted by Crippen LogP contribution is -2.30. The molecule has 0 N–H and O–H groups in total. The second-order valence-electron chi connectivity index (χ2n) is 8.43. The molecule has 9 heteroatoms. The molecule has 4 rings (SSSR count). The first-order valence-corrected chi connectivity index (χ1v) is 11.3. The van der Waals surface area contributed by atoms with E-state index in [9.17, 15) is 24.5 Å². The van der Waals surface area contributed by atoms with Gasteiger partial charge in [-0.05, 0) is 66.6 Å². The van der Waals surface area contributed by atoms with E-state index >= 15 is 0 Å². The van der Waals surface area contributed by atoms with Crippen molar-refractivity contribution in [1.29, 1.82) is 0 Å². The highest BCUT2D eigenvalue weighted by atomic mass is 16.6. The topological polar surface area (TPSA) is 116 Å². The maximum absolute atomic E-state index is 12.7. The summed E-state index contributed by atoms with van der Waals surface area (Å²) < 4.78 is 10.5. The van der Waals surface area contributed by atoms with E-state index in [-0.39, 0.29) is 30.3 Å². The molecule has 184 valence electrons. The van der Waals surface area contributed by atoms with Gasteiger partial charge in [0, 0.05) is 36.3 Å². The Morgan fingerprint density at radius 1 is 0.972 bits per heavy atom. The summed E-state index contributed by atoms with van der Waals surface area (Å²) in [6, 6.07) is 19.9. The number of nitro benzene ring substituents is 1. The van der Waals surface area contributed by atoms with Crippen LogP contribution < -0.4 is 9.64 Å². The molecule has 0 aromatic heterocycles. The molecule has 0 radical (unpaired) electrons. The fraction of sp³-hybridized carbons (Fsp3) is 0.222. The van der Waals surface area contributed by atoms with E-state index in [0.29, 0.717) is 17.0 Å². The van der Waals surface area contributed by atoms with Crippen LogP contribution in [0.1, 0.15) is 23.7 Å². The highest BCUT2D eigenvalue weighted by Gasteiger charge is 2.37. The van der Waals surface area contributed by atoms with Crippen molar-refractivity contribution in [2.45, 2.75) is 19.4 Å². The van der Waals surface area contributed by atoms with Crippen LogP contribution in [-0.2, 0) is 14.3 Å². The van der Waals surface area contributed by atoms with Gasteiger partial charge >= 0.3 is 5.97 Å². The van der Waals surface area contributed by atoms with Crippen molar-refractivity contribution in [3.63, 3.8) is 0 Å². The number of carbonyl (C=O) groups excluding carboxylic acids is 3. The Balaban J connectivity index is 1.38. The van der Waals surface area contributed by atoms with Gasteiger partial charge in [0.05, 0.1) is 18.0 Å². The van der Waals surface area contributed by atoms with Gasteiger partial charge in [0.2, 0.25) is 11.7 Å². The summed E-state index contributed by atoms with van der Waals surface area (Å²) in [7, 11) is 1.53. The van der Waals surface area contributed by atoms with Crippen LogP contribution in [0.25, 0.3) is 11.1 Å². The number of Topliss-reactive ketones (excluding diaryl/α,β-unsaturated/α-hetero) is 1. The van der Waals surface area contributed by atoms with Crippen LogP contribution in [0.4, 0.5) is 11.4 Å². The first kappa shape index (κ1) is 24.6. The first-order valence-electron chi connectivity index (χ1n) is 11.3. The van der Waals surface area contributed by atoms with Crippen molar-refractivity contribution in [2.75, 3.05) is 18.6 Å². The fourth-order valence-corrected chi connectivity index (χ4v) is 4.04. The molecule has 1 aliphatic rings. The number of ketones is 1. The van der Waals surface area contributed by atoms with E-state index in [1.807, 2.05) is 12.1 Å². The van der Waals surface area contributed by atoms with Gasteiger partial charge < -0.3 is 14.4 Å². The number of carbonyl (C=O) groups is 3. The fourth-order valence-electron chi connectivity index (χ4n) is 4.04. The van der Waals surface area contributed by atoms with Crippen LogP contribution in [0, 0.1) is 16.0 Å². The highest BCUT2D eigenvalue weighted by molar-refractivity contribution is 6.02. The van der Waals surface area contributed by atoms with Crippen LogP contribution in [0.15, 0.2) is 72.8 Å². The molecule has 1 heterocycles. The van der Waals surface area contributed by atoms with Crippen molar-refractivity contribution in [3.05, 3.63) is 88.5 Å². The number of amides is 1. The predicted octanol–water partition coefficient (Wildman–Crippen LogP) is 4.44. The summed E-state index contributed by atoms with van der Waals surface area (Å²) in [4.78, 5) is 49.8. The number of nitro groups is 1. The number of anilines is 1. The monoisotopic (exact) mass is 488 g/mol. The SMILES string of the molecule is COc1ccc(C(=O)[C@@H](C)OC(=O)[C@@H]2CC(=O)N(c3ccc(-c4ccc([N+](=O)[O-])cc4)cc3)C2)cc1. The third-order valence-corrected chi connectivity index (χ3v) is 6.09. The Kier molecular flexibility index (Phi) is 7.10. The molecule has 0 saturated carbocycles. The molecule has 0 spiro atoms. The molecule has 3 aromatic rings. The molecule has 3 aromatic carbocycles. The van der Waals surface area contributed by atoms with Gasteiger partial charge in [-0.3, -0.25) is 24.5 Å². The summed E-state index contributed by atoms with van der Waals surface area (Å²) in [5.41, 5.74) is 2.67. The van der Waals surface area contributed by atoms with Gasteiger partial charge in [-0.15, -0.1) is 0 Å². The van der Waals surface area contributed by atoms with Crippen molar-refractivity contribution in [2.24, 2.45) is 5.92 Å². The van der Waals surface area contributed by atoms with Gasteiger partial charge in [0.1, 0.15) is 5.75 Å². The molecule has 1 amide bonds. The van der Waals surface area contributed by atoms with Crippen LogP contribution in [0.2, 0.25) is 0 Å². The van der Waals surface area contributed by atoms with Crippen LogP contribution in [0.3, 0.4) is 0 Å². The van der Waals surface area contributed by atoms with Crippen molar-refractivity contribution >= 4 is 29.0 Å². The van der Waals surface area contributed by atoms with Gasteiger partial charge in [0.15, 0.2) is 6.10 Å². The van der Waals surface area contributed by atoms with Gasteiger partial charge in [-0.2, -0.15) is 0 Å². The van der Waals surface area contributed by atoms with Crippen LogP contribution >= 0.6 is 0 Å². The Labute approximate surface area is 207 Å². The second kappa shape index (κ2) is 10.4. The molecule has 2 atom stereocenters. The largest absolute Gasteiger partial charge is 0.497 e. The van der Waals surface area contributed by atoms with E-state index < -0.39 is 22.9 Å². The number of ether oxygens (including phenoxy) is 2. The van der Waals surface area contributed by atoms with Gasteiger partial charge in [-0.25, -0.2) is 0 Å². The summed E-state index contributed by atoms with van der Waals surface area (Å²) >= 11 is 0. The molecule has 0 bridgehead atoms. The van der Waals surface area contributed by atoms with E-state index in [1.165, 1.54) is 31.1 Å². The minimum absolute atomic E-state index is 0.00756. The average Bonchev–Trinajstić information content (AvgIpc) is 3.30. The average molecular weight is 488 g/mol. The lowest BCUT2D eigenvalue weighted by Gasteiger charge is -2.18. The standard InChI is InChI=1S/C27H24N2O7/c1-17(26(31)20-7-13-24(35-2)14-8-20)36-27(32)21-15-25(30)28(16-21)22-9-3-18(4-10-22)19-5-11-23(12-6-19)29(33)34/h3-14,17,21H,15-16H2,1-2H3/t17-,21-/m1/s1. The third-order valence-electron chi connectivity index (χ3n) is 6.09. The molecule has 1 fully saturated rings. The number of esters is 1. The van der Waals surface area contributed by atoms with Crippen LogP contribution in [0.5, 0.6) is 5.75 Å². The highest BCUT2D eigenvalue weighted by Crippen LogP contribution is 2.29. The van der Waals surface area contributed by atoms with Crippen molar-refractivity contribution in [1.82, 2.24) is 0 Å². The minimum Gasteiger partial charge on any atom is -0.497 e. The number of non-ortho nitro benzene ring substituents is 1.